The second-order valence-electron chi connectivity index (χ2n) is 9.59. The van der Waals surface area contributed by atoms with Crippen molar-refractivity contribution in [2.24, 2.45) is 23.7 Å². The summed E-state index contributed by atoms with van der Waals surface area (Å²) in [5, 5.41) is 8.97. The van der Waals surface area contributed by atoms with Crippen molar-refractivity contribution in [1.29, 1.82) is 5.26 Å². The molecule has 2 saturated carbocycles. The van der Waals surface area contributed by atoms with Gasteiger partial charge in [0.15, 0.2) is 0 Å². The van der Waals surface area contributed by atoms with Crippen LogP contribution >= 0.6 is 0 Å². The molecule has 0 heterocycles. The minimum Gasteiger partial charge on any atom is -0.192 e. The van der Waals surface area contributed by atoms with Crippen molar-refractivity contribution in [1.82, 2.24) is 0 Å². The number of nitrogens with zero attached hydrogens (tertiary/aromatic N) is 1. The van der Waals surface area contributed by atoms with Crippen molar-refractivity contribution in [3.05, 3.63) is 35.4 Å². The summed E-state index contributed by atoms with van der Waals surface area (Å²) in [6, 6.07) is 10.6. The molecule has 0 amide bonds. The minimum absolute atomic E-state index is 0.721. The van der Waals surface area contributed by atoms with Crippen molar-refractivity contribution in [3.8, 4) is 6.07 Å². The van der Waals surface area contributed by atoms with E-state index in [1.807, 2.05) is 12.1 Å². The fraction of sp³-hybridized carbons (Fsp3) is 0.731. The summed E-state index contributed by atoms with van der Waals surface area (Å²) < 4.78 is 0. The highest BCUT2D eigenvalue weighted by Gasteiger charge is 2.29. The maximum Gasteiger partial charge on any atom is 0.0991 e. The van der Waals surface area contributed by atoms with E-state index in [1.54, 1.807) is 0 Å². The lowest BCUT2D eigenvalue weighted by Gasteiger charge is -2.36. The van der Waals surface area contributed by atoms with E-state index in [4.69, 9.17) is 5.26 Å². The zero-order valence-electron chi connectivity index (χ0n) is 17.6. The smallest absolute Gasteiger partial charge is 0.0991 e. The molecule has 0 aliphatic heterocycles. The molecule has 148 valence electrons. The molecular formula is C26H39N. The molecule has 2 fully saturated rings. The number of nitriles is 1. The Labute approximate surface area is 167 Å². The van der Waals surface area contributed by atoms with Crippen LogP contribution in [0.1, 0.15) is 108 Å². The van der Waals surface area contributed by atoms with Gasteiger partial charge in [0.1, 0.15) is 0 Å². The first-order valence-electron chi connectivity index (χ1n) is 11.7. The van der Waals surface area contributed by atoms with E-state index >= 15 is 0 Å². The van der Waals surface area contributed by atoms with Gasteiger partial charge in [-0.1, -0.05) is 58.1 Å². The SMILES string of the molecule is CCCCC1CCC(C(C)CC2CCC(c3ccc(C#N)cc3)CC2)CC1. The van der Waals surface area contributed by atoms with Gasteiger partial charge in [-0.05, 0) is 92.2 Å². The van der Waals surface area contributed by atoms with Gasteiger partial charge in [0.25, 0.3) is 0 Å². The summed E-state index contributed by atoms with van der Waals surface area (Å²) in [5.41, 5.74) is 2.23. The second-order valence-corrected chi connectivity index (χ2v) is 9.59. The van der Waals surface area contributed by atoms with Crippen molar-refractivity contribution in [2.75, 3.05) is 0 Å². The number of benzene rings is 1. The first-order chi connectivity index (χ1) is 13.2. The monoisotopic (exact) mass is 365 g/mol. The highest BCUT2D eigenvalue weighted by atomic mass is 14.3. The summed E-state index contributed by atoms with van der Waals surface area (Å²) >= 11 is 0. The van der Waals surface area contributed by atoms with Gasteiger partial charge in [-0.3, -0.25) is 0 Å². The Morgan fingerprint density at radius 1 is 0.926 bits per heavy atom. The number of hydrogen-bond donors (Lipinski definition) is 0. The molecule has 0 radical (unpaired) electrons. The zero-order chi connectivity index (χ0) is 19.1. The molecule has 2 aliphatic carbocycles. The highest BCUT2D eigenvalue weighted by Crippen LogP contribution is 2.42. The van der Waals surface area contributed by atoms with Gasteiger partial charge in [-0.25, -0.2) is 0 Å². The molecule has 1 atom stereocenters. The quantitative estimate of drug-likeness (QED) is 0.482. The predicted octanol–water partition coefficient (Wildman–Crippen LogP) is 7.85. The second kappa shape index (κ2) is 10.3. The van der Waals surface area contributed by atoms with E-state index in [-0.39, 0.29) is 0 Å². The van der Waals surface area contributed by atoms with Crippen molar-refractivity contribution >= 4 is 0 Å². The molecule has 3 rings (SSSR count). The number of hydrogen-bond acceptors (Lipinski definition) is 1. The summed E-state index contributed by atoms with van der Waals surface area (Å²) in [4.78, 5) is 0. The maximum atomic E-state index is 8.97. The molecule has 0 saturated heterocycles. The van der Waals surface area contributed by atoms with E-state index in [1.165, 1.54) is 82.6 Å². The Hall–Kier alpha value is -1.29. The molecule has 0 bridgehead atoms. The third kappa shape index (κ3) is 5.84. The van der Waals surface area contributed by atoms with E-state index in [2.05, 4.69) is 32.0 Å². The standard InChI is InChI=1S/C26H39N/c1-3-4-5-21-6-12-24(13-7-21)20(2)18-22-8-14-25(15-9-22)26-16-10-23(19-27)11-17-26/h10-11,16-17,20-22,24-25H,3-9,12-15,18H2,1-2H3. The molecule has 1 heteroatoms. The van der Waals surface area contributed by atoms with Crippen molar-refractivity contribution < 1.29 is 0 Å². The van der Waals surface area contributed by atoms with Crippen LogP contribution in [0.2, 0.25) is 0 Å². The average molecular weight is 366 g/mol. The van der Waals surface area contributed by atoms with E-state index < -0.39 is 0 Å². The first kappa shape index (κ1) is 20.4. The van der Waals surface area contributed by atoms with Gasteiger partial charge >= 0.3 is 0 Å². The minimum atomic E-state index is 0.721. The molecule has 2 aliphatic rings. The molecule has 1 unspecified atom stereocenters. The lowest BCUT2D eigenvalue weighted by atomic mass is 9.70. The van der Waals surface area contributed by atoms with Gasteiger partial charge in [0, 0.05) is 0 Å². The Morgan fingerprint density at radius 2 is 1.56 bits per heavy atom. The first-order valence-corrected chi connectivity index (χ1v) is 11.7. The van der Waals surface area contributed by atoms with Gasteiger partial charge < -0.3 is 0 Å². The molecule has 0 aromatic heterocycles. The molecule has 1 nitrogen and oxygen atoms in total. The Kier molecular flexibility index (Phi) is 7.81. The summed E-state index contributed by atoms with van der Waals surface area (Å²) in [6.45, 7) is 4.87. The molecule has 27 heavy (non-hydrogen) atoms. The molecule has 0 spiro atoms. The molecule has 0 N–H and O–H groups in total. The maximum absolute atomic E-state index is 8.97. The lowest BCUT2D eigenvalue weighted by Crippen LogP contribution is -2.23. The van der Waals surface area contributed by atoms with Crippen LogP contribution < -0.4 is 0 Å². The highest BCUT2D eigenvalue weighted by molar-refractivity contribution is 5.33. The van der Waals surface area contributed by atoms with Crippen molar-refractivity contribution in [3.63, 3.8) is 0 Å². The van der Waals surface area contributed by atoms with Crippen LogP contribution in [0.3, 0.4) is 0 Å². The van der Waals surface area contributed by atoms with Crippen LogP contribution in [0.4, 0.5) is 0 Å². The number of rotatable bonds is 7. The third-order valence-electron chi connectivity index (χ3n) is 7.73. The Morgan fingerprint density at radius 3 is 2.15 bits per heavy atom. The van der Waals surface area contributed by atoms with Crippen LogP contribution in [0.25, 0.3) is 0 Å². The van der Waals surface area contributed by atoms with Crippen LogP contribution in [0.5, 0.6) is 0 Å². The molecule has 1 aromatic carbocycles. The van der Waals surface area contributed by atoms with E-state index in [9.17, 15) is 0 Å². The van der Waals surface area contributed by atoms with Crippen molar-refractivity contribution in [2.45, 2.75) is 96.8 Å². The van der Waals surface area contributed by atoms with Crippen LogP contribution in [0, 0.1) is 35.0 Å². The van der Waals surface area contributed by atoms with Gasteiger partial charge in [0.2, 0.25) is 0 Å². The topological polar surface area (TPSA) is 23.8 Å². The van der Waals surface area contributed by atoms with E-state index in [0.29, 0.717) is 0 Å². The fourth-order valence-corrected chi connectivity index (χ4v) is 5.82. The summed E-state index contributed by atoms with van der Waals surface area (Å²) in [7, 11) is 0. The van der Waals surface area contributed by atoms with Crippen LogP contribution in [-0.4, -0.2) is 0 Å². The number of unbranched alkanes of at least 4 members (excludes halogenated alkanes) is 1. The van der Waals surface area contributed by atoms with Gasteiger partial charge in [-0.15, -0.1) is 0 Å². The largest absolute Gasteiger partial charge is 0.192 e. The normalized spacial score (nSPS) is 29.8. The van der Waals surface area contributed by atoms with Gasteiger partial charge in [0.05, 0.1) is 11.6 Å². The Bertz CT molecular complexity index is 580. The lowest BCUT2D eigenvalue weighted by molar-refractivity contribution is 0.169. The molecule has 1 aromatic rings. The molecular weight excluding hydrogens is 326 g/mol. The van der Waals surface area contributed by atoms with Gasteiger partial charge in [-0.2, -0.15) is 5.26 Å². The summed E-state index contributed by atoms with van der Waals surface area (Å²) in [5.74, 6) is 4.63. The third-order valence-corrected chi connectivity index (χ3v) is 7.73. The van der Waals surface area contributed by atoms with Crippen LogP contribution in [-0.2, 0) is 0 Å². The fourth-order valence-electron chi connectivity index (χ4n) is 5.82. The van der Waals surface area contributed by atoms with E-state index in [0.717, 1.165) is 35.2 Å². The predicted molar refractivity (Wildman–Crippen MR) is 115 cm³/mol. The van der Waals surface area contributed by atoms with Crippen LogP contribution in [0.15, 0.2) is 24.3 Å². The zero-order valence-corrected chi connectivity index (χ0v) is 17.6. The summed E-state index contributed by atoms with van der Waals surface area (Å²) in [6.07, 6.45) is 17.2. The Balaban J connectivity index is 1.39. The average Bonchev–Trinajstić information content (AvgIpc) is 2.73.